The summed E-state index contributed by atoms with van der Waals surface area (Å²) >= 11 is 0. The van der Waals surface area contributed by atoms with Crippen LogP contribution in [-0.4, -0.2) is 47.0 Å². The Kier molecular flexibility index (Phi) is 5.42. The molecular weight excluding hydrogens is 362 g/mol. The molecule has 1 aromatic carbocycles. The van der Waals surface area contributed by atoms with Crippen LogP contribution in [-0.2, 0) is 0 Å². The average Bonchev–Trinajstić information content (AvgIpc) is 2.77. The molecule has 1 aliphatic rings. The lowest BCUT2D eigenvalue weighted by Gasteiger charge is -2.35. The lowest BCUT2D eigenvalue weighted by molar-refractivity contribution is 0.0746. The highest BCUT2D eigenvalue weighted by molar-refractivity contribution is 5.95. The molecule has 0 unspecified atom stereocenters. The van der Waals surface area contributed by atoms with E-state index in [-0.39, 0.29) is 5.91 Å². The SMILES string of the molecule is Cc1cccc(Nc2cc(C(=O)N3CCN(c4ccccn4)CC3)ccn2)c1C. The van der Waals surface area contributed by atoms with E-state index < -0.39 is 0 Å². The standard InChI is InChI=1S/C23H25N5O/c1-17-6-5-7-20(18(17)2)26-21-16-19(9-11-24-21)23(29)28-14-12-27(13-15-28)22-8-3-4-10-25-22/h3-11,16H,12-15H2,1-2H3,(H,24,26). The zero-order chi connectivity index (χ0) is 20.2. The van der Waals surface area contributed by atoms with Gasteiger partial charge in [0.15, 0.2) is 0 Å². The molecule has 0 bridgehead atoms. The van der Waals surface area contributed by atoms with Gasteiger partial charge in [0.1, 0.15) is 11.6 Å². The molecule has 0 radical (unpaired) electrons. The van der Waals surface area contributed by atoms with Gasteiger partial charge >= 0.3 is 0 Å². The Morgan fingerprint density at radius 3 is 2.52 bits per heavy atom. The van der Waals surface area contributed by atoms with Gasteiger partial charge in [-0.2, -0.15) is 0 Å². The van der Waals surface area contributed by atoms with E-state index in [4.69, 9.17) is 0 Å². The third kappa shape index (κ3) is 4.21. The Morgan fingerprint density at radius 1 is 0.931 bits per heavy atom. The van der Waals surface area contributed by atoms with Crippen molar-refractivity contribution in [2.75, 3.05) is 36.4 Å². The van der Waals surface area contributed by atoms with Crippen LogP contribution >= 0.6 is 0 Å². The van der Waals surface area contributed by atoms with Crippen LogP contribution in [0, 0.1) is 13.8 Å². The summed E-state index contributed by atoms with van der Waals surface area (Å²) in [6.07, 6.45) is 3.49. The highest BCUT2D eigenvalue weighted by atomic mass is 16.2. The number of hydrogen-bond acceptors (Lipinski definition) is 5. The first-order chi connectivity index (χ1) is 14.1. The Morgan fingerprint density at radius 2 is 1.76 bits per heavy atom. The van der Waals surface area contributed by atoms with Crippen LogP contribution in [0.5, 0.6) is 0 Å². The molecule has 148 valence electrons. The highest BCUT2D eigenvalue weighted by Crippen LogP contribution is 2.22. The zero-order valence-corrected chi connectivity index (χ0v) is 16.8. The van der Waals surface area contributed by atoms with E-state index in [0.717, 1.165) is 24.6 Å². The quantitative estimate of drug-likeness (QED) is 0.738. The minimum Gasteiger partial charge on any atom is -0.353 e. The molecule has 0 aliphatic carbocycles. The first-order valence-corrected chi connectivity index (χ1v) is 9.86. The van der Waals surface area contributed by atoms with Crippen LogP contribution in [0.15, 0.2) is 60.9 Å². The Hall–Kier alpha value is -3.41. The third-order valence-corrected chi connectivity index (χ3v) is 5.41. The molecule has 0 spiro atoms. The molecule has 0 saturated carbocycles. The smallest absolute Gasteiger partial charge is 0.254 e. The number of aromatic nitrogens is 2. The molecule has 2 aromatic heterocycles. The molecule has 4 rings (SSSR count). The topological polar surface area (TPSA) is 61.4 Å². The first kappa shape index (κ1) is 18.9. The number of carbonyl (C=O) groups excluding carboxylic acids is 1. The largest absolute Gasteiger partial charge is 0.353 e. The van der Waals surface area contributed by atoms with Crippen molar-refractivity contribution in [2.45, 2.75) is 13.8 Å². The van der Waals surface area contributed by atoms with Crippen molar-refractivity contribution in [3.05, 3.63) is 77.6 Å². The number of carbonyl (C=O) groups is 1. The van der Waals surface area contributed by atoms with Gasteiger partial charge in [-0.1, -0.05) is 18.2 Å². The van der Waals surface area contributed by atoms with E-state index in [9.17, 15) is 4.79 Å². The summed E-state index contributed by atoms with van der Waals surface area (Å²) in [5.74, 6) is 1.68. The van der Waals surface area contributed by atoms with Gasteiger partial charge in [-0.05, 0) is 55.3 Å². The molecule has 1 amide bonds. The Bertz CT molecular complexity index is 997. The van der Waals surface area contributed by atoms with Crippen LogP contribution in [0.3, 0.4) is 0 Å². The molecule has 3 aromatic rings. The van der Waals surface area contributed by atoms with Crippen molar-refractivity contribution >= 4 is 23.2 Å². The van der Waals surface area contributed by atoms with E-state index in [1.165, 1.54) is 11.1 Å². The van der Waals surface area contributed by atoms with Crippen molar-refractivity contribution in [1.29, 1.82) is 0 Å². The Balaban J connectivity index is 1.43. The van der Waals surface area contributed by atoms with Crippen LogP contribution in [0.2, 0.25) is 0 Å². The number of nitrogens with one attached hydrogen (secondary N) is 1. The lowest BCUT2D eigenvalue weighted by Crippen LogP contribution is -2.49. The van der Waals surface area contributed by atoms with Gasteiger partial charge < -0.3 is 15.1 Å². The molecule has 29 heavy (non-hydrogen) atoms. The van der Waals surface area contributed by atoms with Gasteiger partial charge in [-0.25, -0.2) is 9.97 Å². The maximum atomic E-state index is 13.0. The molecule has 6 nitrogen and oxygen atoms in total. The van der Waals surface area contributed by atoms with E-state index in [1.54, 1.807) is 18.5 Å². The first-order valence-electron chi connectivity index (χ1n) is 9.86. The zero-order valence-electron chi connectivity index (χ0n) is 16.8. The number of pyridine rings is 2. The summed E-state index contributed by atoms with van der Waals surface area (Å²) in [5, 5.41) is 3.34. The second kappa shape index (κ2) is 8.31. The van der Waals surface area contributed by atoms with Crippen molar-refractivity contribution in [3.8, 4) is 0 Å². The van der Waals surface area contributed by atoms with Gasteiger partial charge in [0.05, 0.1) is 0 Å². The summed E-state index contributed by atoms with van der Waals surface area (Å²) in [7, 11) is 0. The third-order valence-electron chi connectivity index (χ3n) is 5.41. The van der Waals surface area contributed by atoms with E-state index >= 15 is 0 Å². The number of aryl methyl sites for hydroxylation is 1. The highest BCUT2D eigenvalue weighted by Gasteiger charge is 2.23. The summed E-state index contributed by atoms with van der Waals surface area (Å²) in [5.41, 5.74) is 4.05. The average molecular weight is 387 g/mol. The molecule has 1 fully saturated rings. The number of hydrogen-bond donors (Lipinski definition) is 1. The second-order valence-electron chi connectivity index (χ2n) is 7.27. The fraction of sp³-hybridized carbons (Fsp3) is 0.261. The summed E-state index contributed by atoms with van der Waals surface area (Å²) in [6, 6.07) is 15.6. The fourth-order valence-corrected chi connectivity index (χ4v) is 3.52. The van der Waals surface area contributed by atoms with Gasteiger partial charge in [0.25, 0.3) is 5.91 Å². The van der Waals surface area contributed by atoms with Crippen LogP contribution in [0.25, 0.3) is 0 Å². The van der Waals surface area contributed by atoms with Crippen molar-refractivity contribution < 1.29 is 4.79 Å². The van der Waals surface area contributed by atoms with Crippen molar-refractivity contribution in [3.63, 3.8) is 0 Å². The van der Waals surface area contributed by atoms with Gasteiger partial charge in [0.2, 0.25) is 0 Å². The number of amides is 1. The molecule has 3 heterocycles. The minimum atomic E-state index is 0.0390. The number of piperazine rings is 1. The molecule has 1 N–H and O–H groups in total. The molecule has 6 heteroatoms. The number of rotatable bonds is 4. The number of nitrogens with zero attached hydrogens (tertiary/aromatic N) is 4. The van der Waals surface area contributed by atoms with Gasteiger partial charge in [0, 0.05) is 49.8 Å². The normalized spacial score (nSPS) is 14.0. The van der Waals surface area contributed by atoms with Crippen LogP contribution in [0.1, 0.15) is 21.5 Å². The van der Waals surface area contributed by atoms with E-state index in [0.29, 0.717) is 24.5 Å². The number of benzene rings is 1. The van der Waals surface area contributed by atoms with Crippen molar-refractivity contribution in [1.82, 2.24) is 14.9 Å². The second-order valence-corrected chi connectivity index (χ2v) is 7.27. The maximum Gasteiger partial charge on any atom is 0.254 e. The van der Waals surface area contributed by atoms with Crippen LogP contribution in [0.4, 0.5) is 17.3 Å². The summed E-state index contributed by atoms with van der Waals surface area (Å²) in [4.78, 5) is 25.9. The number of anilines is 3. The van der Waals surface area contributed by atoms with Gasteiger partial charge in [-0.15, -0.1) is 0 Å². The molecular formula is C23H25N5O. The van der Waals surface area contributed by atoms with Crippen LogP contribution < -0.4 is 10.2 Å². The molecule has 0 atom stereocenters. The predicted molar refractivity (Wildman–Crippen MR) is 116 cm³/mol. The van der Waals surface area contributed by atoms with Crippen molar-refractivity contribution in [2.24, 2.45) is 0 Å². The van der Waals surface area contributed by atoms with E-state index in [1.807, 2.05) is 41.3 Å². The summed E-state index contributed by atoms with van der Waals surface area (Å²) < 4.78 is 0. The fourth-order valence-electron chi connectivity index (χ4n) is 3.52. The monoisotopic (exact) mass is 387 g/mol. The molecule has 1 aliphatic heterocycles. The predicted octanol–water partition coefficient (Wildman–Crippen LogP) is 3.80. The summed E-state index contributed by atoms with van der Waals surface area (Å²) in [6.45, 7) is 7.07. The lowest BCUT2D eigenvalue weighted by atomic mass is 10.1. The Labute approximate surface area is 171 Å². The maximum absolute atomic E-state index is 13.0. The molecule has 1 saturated heterocycles. The minimum absolute atomic E-state index is 0.0390. The van der Waals surface area contributed by atoms with E-state index in [2.05, 4.69) is 40.1 Å². The van der Waals surface area contributed by atoms with Gasteiger partial charge in [-0.3, -0.25) is 4.79 Å².